The summed E-state index contributed by atoms with van der Waals surface area (Å²) in [5.74, 6) is 0.452. The highest BCUT2D eigenvalue weighted by atomic mass is 32.2. The van der Waals surface area contributed by atoms with E-state index in [0.717, 1.165) is 17.8 Å². The van der Waals surface area contributed by atoms with Crippen LogP contribution in [-0.2, 0) is 21.8 Å². The van der Waals surface area contributed by atoms with Crippen molar-refractivity contribution in [3.05, 3.63) is 64.8 Å². The number of benzene rings is 1. The maximum atomic E-state index is 13.2. The molecule has 0 saturated heterocycles. The molecule has 0 fully saturated rings. The van der Waals surface area contributed by atoms with Crippen molar-refractivity contribution in [2.24, 2.45) is 0 Å². The van der Waals surface area contributed by atoms with Gasteiger partial charge in [-0.2, -0.15) is 13.2 Å². The third-order valence-electron chi connectivity index (χ3n) is 4.13. The lowest BCUT2D eigenvalue weighted by Crippen LogP contribution is -2.32. The largest absolute Gasteiger partial charge is 0.497 e. The van der Waals surface area contributed by atoms with Crippen LogP contribution in [-0.4, -0.2) is 26.0 Å². The van der Waals surface area contributed by atoms with Crippen LogP contribution in [0.4, 0.5) is 13.2 Å². The van der Waals surface area contributed by atoms with Crippen LogP contribution in [0, 0.1) is 4.78 Å². The van der Waals surface area contributed by atoms with Crippen LogP contribution in [0.2, 0.25) is 0 Å². The highest BCUT2D eigenvalue weighted by Crippen LogP contribution is 2.40. The first-order valence-corrected chi connectivity index (χ1v) is 10.8. The Hall–Kier alpha value is -2.20. The number of nitrogens with zero attached hydrogens (tertiary/aromatic N) is 2. The zero-order chi connectivity index (χ0) is 20.5. The standard InChI is InChI=1S/C18H18F3N3O2S2/c1-12-24(16(10-27-12)14-4-6-15(26-2)7-5-14)28(22,25)11-13-3-8-17(23-9-13)18(19,20)21/h3-10,12,22H,11H2,1-2H3. The molecule has 5 nitrogen and oxygen atoms in total. The van der Waals surface area contributed by atoms with Crippen molar-refractivity contribution < 1.29 is 22.1 Å². The molecule has 28 heavy (non-hydrogen) atoms. The summed E-state index contributed by atoms with van der Waals surface area (Å²) in [6, 6.07) is 9.22. The highest BCUT2D eigenvalue weighted by molar-refractivity contribution is 8.04. The molecule has 1 N–H and O–H groups in total. The van der Waals surface area contributed by atoms with Crippen LogP contribution >= 0.6 is 11.8 Å². The molecule has 0 saturated carbocycles. The molecule has 0 bridgehead atoms. The van der Waals surface area contributed by atoms with Crippen molar-refractivity contribution in [1.82, 2.24) is 9.29 Å². The Kier molecular flexibility index (Phi) is 5.62. The number of pyridine rings is 1. The van der Waals surface area contributed by atoms with Gasteiger partial charge >= 0.3 is 6.18 Å². The Balaban J connectivity index is 1.85. The molecule has 2 aromatic rings. The summed E-state index contributed by atoms with van der Waals surface area (Å²) < 4.78 is 66.3. The number of thioether (sulfide) groups is 1. The molecule has 1 aromatic carbocycles. The first kappa shape index (κ1) is 20.5. The van der Waals surface area contributed by atoms with Gasteiger partial charge in [0.2, 0.25) is 0 Å². The quantitative estimate of drug-likeness (QED) is 0.729. The van der Waals surface area contributed by atoms with E-state index in [4.69, 9.17) is 9.52 Å². The molecule has 0 spiro atoms. The van der Waals surface area contributed by atoms with Crippen molar-refractivity contribution >= 4 is 27.4 Å². The number of aromatic nitrogens is 1. The Labute approximate surface area is 165 Å². The maximum absolute atomic E-state index is 13.2. The van der Waals surface area contributed by atoms with Crippen LogP contribution in [0.5, 0.6) is 5.75 Å². The summed E-state index contributed by atoms with van der Waals surface area (Å²) in [6.45, 7) is 1.83. The molecular formula is C18H18F3N3O2S2. The molecule has 1 aromatic heterocycles. The average molecular weight is 429 g/mol. The molecule has 2 unspecified atom stereocenters. The molecule has 0 aliphatic carbocycles. The first-order valence-electron chi connectivity index (χ1n) is 8.20. The monoisotopic (exact) mass is 429 g/mol. The Morgan fingerprint density at radius 2 is 1.93 bits per heavy atom. The van der Waals surface area contributed by atoms with Gasteiger partial charge in [0.15, 0.2) is 0 Å². The fraction of sp³-hybridized carbons (Fsp3) is 0.278. The fourth-order valence-electron chi connectivity index (χ4n) is 2.79. The van der Waals surface area contributed by atoms with Gasteiger partial charge in [-0.05, 0) is 53.8 Å². The number of ether oxygens (including phenoxy) is 1. The van der Waals surface area contributed by atoms with Gasteiger partial charge < -0.3 is 4.74 Å². The highest BCUT2D eigenvalue weighted by Gasteiger charge is 2.34. The molecule has 0 radical (unpaired) electrons. The van der Waals surface area contributed by atoms with Gasteiger partial charge in [-0.1, -0.05) is 6.07 Å². The van der Waals surface area contributed by atoms with E-state index in [-0.39, 0.29) is 11.1 Å². The van der Waals surface area contributed by atoms with E-state index in [1.807, 2.05) is 24.5 Å². The van der Waals surface area contributed by atoms with Gasteiger partial charge in [0, 0.05) is 6.20 Å². The van der Waals surface area contributed by atoms with E-state index >= 15 is 0 Å². The summed E-state index contributed by atoms with van der Waals surface area (Å²) in [6.07, 6.45) is -3.51. The third-order valence-corrected chi connectivity index (χ3v) is 7.10. The summed E-state index contributed by atoms with van der Waals surface area (Å²) in [5, 5.41) is 1.59. The number of rotatable bonds is 5. The van der Waals surface area contributed by atoms with E-state index < -0.39 is 21.8 Å². The topological polar surface area (TPSA) is 66.3 Å². The predicted molar refractivity (Wildman–Crippen MR) is 104 cm³/mol. The Bertz CT molecular complexity index is 973. The Morgan fingerprint density at radius 3 is 2.46 bits per heavy atom. The summed E-state index contributed by atoms with van der Waals surface area (Å²) in [4.78, 5) is 3.39. The number of hydrogen-bond acceptors (Lipinski definition) is 5. The average Bonchev–Trinajstić information content (AvgIpc) is 3.03. The van der Waals surface area contributed by atoms with Gasteiger partial charge in [-0.15, -0.1) is 11.8 Å². The second-order valence-electron chi connectivity index (χ2n) is 6.13. The minimum absolute atomic E-state index is 0.226. The molecule has 1 aliphatic rings. The van der Waals surface area contributed by atoms with Gasteiger partial charge in [-0.25, -0.2) is 8.99 Å². The lowest BCUT2D eigenvalue weighted by molar-refractivity contribution is -0.141. The van der Waals surface area contributed by atoms with Crippen LogP contribution < -0.4 is 4.74 Å². The van der Waals surface area contributed by atoms with E-state index in [2.05, 4.69) is 4.98 Å². The molecule has 150 valence electrons. The normalized spacial score (nSPS) is 19.2. The number of hydrogen-bond donors (Lipinski definition) is 1. The molecule has 2 atom stereocenters. The third kappa shape index (κ3) is 4.27. The van der Waals surface area contributed by atoms with Crippen molar-refractivity contribution in [1.29, 1.82) is 4.78 Å². The second kappa shape index (κ2) is 7.67. The van der Waals surface area contributed by atoms with E-state index in [0.29, 0.717) is 17.0 Å². The summed E-state index contributed by atoms with van der Waals surface area (Å²) in [5.41, 5.74) is 0.714. The molecule has 3 rings (SSSR count). The lowest BCUT2D eigenvalue weighted by Gasteiger charge is -2.29. The van der Waals surface area contributed by atoms with Crippen molar-refractivity contribution in [3.63, 3.8) is 0 Å². The molecule has 1 aliphatic heterocycles. The lowest BCUT2D eigenvalue weighted by atomic mass is 10.1. The SMILES string of the molecule is COc1ccc(C2=CSC(C)N2S(=N)(=O)Cc2ccc(C(F)(F)F)nc2)cc1. The smallest absolute Gasteiger partial charge is 0.433 e. The number of halogens is 3. The molecule has 0 amide bonds. The zero-order valence-electron chi connectivity index (χ0n) is 15.1. The van der Waals surface area contributed by atoms with Crippen molar-refractivity contribution in [3.8, 4) is 5.75 Å². The maximum Gasteiger partial charge on any atom is 0.433 e. The van der Waals surface area contributed by atoms with Gasteiger partial charge in [0.25, 0.3) is 0 Å². The predicted octanol–water partition coefficient (Wildman–Crippen LogP) is 4.96. The minimum atomic E-state index is -4.54. The van der Waals surface area contributed by atoms with E-state index in [9.17, 15) is 17.4 Å². The van der Waals surface area contributed by atoms with Gasteiger partial charge in [-0.3, -0.25) is 9.29 Å². The summed E-state index contributed by atoms with van der Waals surface area (Å²) in [7, 11) is -1.77. The summed E-state index contributed by atoms with van der Waals surface area (Å²) >= 11 is 1.43. The van der Waals surface area contributed by atoms with Crippen LogP contribution in [0.25, 0.3) is 5.70 Å². The Morgan fingerprint density at radius 1 is 1.25 bits per heavy atom. The van der Waals surface area contributed by atoms with Crippen LogP contribution in [0.1, 0.15) is 23.7 Å². The van der Waals surface area contributed by atoms with Gasteiger partial charge in [0.1, 0.15) is 21.4 Å². The molecule has 2 heterocycles. The minimum Gasteiger partial charge on any atom is -0.497 e. The number of methoxy groups -OCH3 is 1. The van der Waals surface area contributed by atoms with Crippen molar-refractivity contribution in [2.45, 2.75) is 24.2 Å². The molecular weight excluding hydrogens is 411 g/mol. The fourth-order valence-corrected chi connectivity index (χ4v) is 5.94. The second-order valence-corrected chi connectivity index (χ2v) is 9.28. The van der Waals surface area contributed by atoms with Crippen LogP contribution in [0.15, 0.2) is 48.0 Å². The zero-order valence-corrected chi connectivity index (χ0v) is 16.7. The van der Waals surface area contributed by atoms with Crippen LogP contribution in [0.3, 0.4) is 0 Å². The van der Waals surface area contributed by atoms with E-state index in [1.165, 1.54) is 22.1 Å². The van der Waals surface area contributed by atoms with Gasteiger partial charge in [0.05, 0.1) is 23.9 Å². The number of alkyl halides is 3. The first-order chi connectivity index (χ1) is 13.1. The van der Waals surface area contributed by atoms with Crippen molar-refractivity contribution in [2.75, 3.05) is 7.11 Å². The number of nitrogens with one attached hydrogen (secondary N) is 1. The van der Waals surface area contributed by atoms with E-state index in [1.54, 1.807) is 19.2 Å². The molecule has 10 heteroatoms.